The van der Waals surface area contributed by atoms with Gasteiger partial charge in [0, 0.05) is 25.2 Å². The molecular formula is C12H25N3O. The van der Waals surface area contributed by atoms with E-state index in [1.165, 1.54) is 0 Å². The second-order valence-corrected chi connectivity index (χ2v) is 6.03. The van der Waals surface area contributed by atoms with E-state index in [1.807, 2.05) is 4.90 Å². The van der Waals surface area contributed by atoms with E-state index in [2.05, 4.69) is 39.9 Å². The van der Waals surface area contributed by atoms with Gasteiger partial charge in [0.2, 0.25) is 0 Å². The predicted octanol–water partition coefficient (Wildman–Crippen LogP) is 1.67. The average Bonchev–Trinajstić information content (AvgIpc) is 2.11. The van der Waals surface area contributed by atoms with Crippen LogP contribution in [0, 0.1) is 10.8 Å². The fraction of sp³-hybridized carbons (Fsp3) is 0.917. The molecule has 2 atom stereocenters. The van der Waals surface area contributed by atoms with E-state index >= 15 is 0 Å². The summed E-state index contributed by atoms with van der Waals surface area (Å²) >= 11 is 0. The molecule has 1 fully saturated rings. The summed E-state index contributed by atoms with van der Waals surface area (Å²) in [7, 11) is 0. The van der Waals surface area contributed by atoms with E-state index in [0.717, 1.165) is 13.1 Å². The molecule has 0 unspecified atom stereocenters. The highest BCUT2D eigenvalue weighted by Crippen LogP contribution is 2.14. The maximum absolute atomic E-state index is 7.92. The molecule has 1 rings (SSSR count). The quantitative estimate of drug-likeness (QED) is 0.529. The summed E-state index contributed by atoms with van der Waals surface area (Å²) in [6.45, 7) is 12.9. The fourth-order valence-electron chi connectivity index (χ4n) is 1.87. The molecule has 0 spiro atoms. The molecular weight excluding hydrogens is 202 g/mol. The van der Waals surface area contributed by atoms with Crippen LogP contribution < -0.4 is 5.32 Å². The predicted molar refractivity (Wildman–Crippen MR) is 66.8 cm³/mol. The minimum absolute atomic E-state index is 0.109. The first-order valence-electron chi connectivity index (χ1n) is 6.00. The highest BCUT2D eigenvalue weighted by Gasteiger charge is 2.24. The summed E-state index contributed by atoms with van der Waals surface area (Å²) in [6, 6.07) is 1.15. The van der Waals surface area contributed by atoms with Gasteiger partial charge in [0.1, 0.15) is 0 Å². The Labute approximate surface area is 98.9 Å². The van der Waals surface area contributed by atoms with Gasteiger partial charge in [0.15, 0.2) is 0 Å². The zero-order valence-electron chi connectivity index (χ0n) is 11.1. The third-order valence-corrected chi connectivity index (χ3v) is 2.49. The molecule has 4 heteroatoms. The molecule has 0 amide bonds. The summed E-state index contributed by atoms with van der Waals surface area (Å²) in [6.07, 6.45) is 0. The van der Waals surface area contributed by atoms with Crippen molar-refractivity contribution in [2.24, 2.45) is 5.41 Å². The average molecular weight is 227 g/mol. The number of rotatable bonds is 1. The van der Waals surface area contributed by atoms with Crippen LogP contribution in [0.1, 0.15) is 34.6 Å². The van der Waals surface area contributed by atoms with Gasteiger partial charge in [-0.1, -0.05) is 20.8 Å². The summed E-state index contributed by atoms with van der Waals surface area (Å²) in [4.78, 5) is 2.01. The van der Waals surface area contributed by atoms with Gasteiger partial charge >= 0.3 is 0 Å². The topological polar surface area (TPSA) is 48.4 Å². The van der Waals surface area contributed by atoms with Crippen molar-refractivity contribution < 1.29 is 4.74 Å². The first-order valence-corrected chi connectivity index (χ1v) is 6.00. The molecule has 0 bridgehead atoms. The smallest absolute Gasteiger partial charge is 0.284 e. The van der Waals surface area contributed by atoms with Gasteiger partial charge in [0.25, 0.3) is 6.02 Å². The minimum atomic E-state index is 0.109. The standard InChI is InChI=1S/C12H25N3O/c1-9-6-15(7-10(2)14-9)11(13)16-8-12(3,4)5/h9-10,13-14H,6-8H2,1-5H3/t9-,10+. The maximum atomic E-state index is 7.92. The van der Waals surface area contributed by atoms with Crippen molar-refractivity contribution in [1.29, 1.82) is 5.41 Å². The van der Waals surface area contributed by atoms with Gasteiger partial charge in [-0.05, 0) is 19.3 Å². The Balaban J connectivity index is 2.41. The van der Waals surface area contributed by atoms with Crippen molar-refractivity contribution in [1.82, 2.24) is 10.2 Å². The first-order chi connectivity index (χ1) is 7.28. The number of piperazine rings is 1. The molecule has 0 radical (unpaired) electrons. The molecule has 0 saturated carbocycles. The Bertz CT molecular complexity index is 237. The van der Waals surface area contributed by atoms with Crippen LogP contribution in [0.15, 0.2) is 0 Å². The summed E-state index contributed by atoms with van der Waals surface area (Å²) < 4.78 is 5.52. The largest absolute Gasteiger partial charge is 0.465 e. The van der Waals surface area contributed by atoms with Crippen molar-refractivity contribution in [3.8, 4) is 0 Å². The van der Waals surface area contributed by atoms with Crippen LogP contribution in [0.25, 0.3) is 0 Å². The van der Waals surface area contributed by atoms with E-state index in [1.54, 1.807) is 0 Å². The number of amidine groups is 1. The third-order valence-electron chi connectivity index (χ3n) is 2.49. The number of nitrogens with zero attached hydrogens (tertiary/aromatic N) is 1. The van der Waals surface area contributed by atoms with Crippen LogP contribution in [0.3, 0.4) is 0 Å². The van der Waals surface area contributed by atoms with Crippen LogP contribution >= 0.6 is 0 Å². The van der Waals surface area contributed by atoms with Crippen molar-refractivity contribution in [2.75, 3.05) is 19.7 Å². The maximum Gasteiger partial charge on any atom is 0.284 e. The van der Waals surface area contributed by atoms with Crippen LogP contribution in [0.5, 0.6) is 0 Å². The van der Waals surface area contributed by atoms with Crippen molar-refractivity contribution in [3.63, 3.8) is 0 Å². The Hall–Kier alpha value is -0.770. The molecule has 0 aromatic rings. The van der Waals surface area contributed by atoms with E-state index in [-0.39, 0.29) is 5.41 Å². The second-order valence-electron chi connectivity index (χ2n) is 6.03. The molecule has 16 heavy (non-hydrogen) atoms. The van der Waals surface area contributed by atoms with Crippen molar-refractivity contribution >= 4 is 6.02 Å². The van der Waals surface area contributed by atoms with Gasteiger partial charge in [-0.2, -0.15) is 0 Å². The molecule has 1 saturated heterocycles. The van der Waals surface area contributed by atoms with E-state index in [0.29, 0.717) is 24.7 Å². The highest BCUT2D eigenvalue weighted by molar-refractivity contribution is 5.70. The van der Waals surface area contributed by atoms with Gasteiger partial charge in [-0.15, -0.1) is 0 Å². The third kappa shape index (κ3) is 4.39. The first kappa shape index (κ1) is 13.3. The number of hydrogen-bond acceptors (Lipinski definition) is 3. The lowest BCUT2D eigenvalue weighted by molar-refractivity contribution is 0.133. The lowest BCUT2D eigenvalue weighted by atomic mass is 9.99. The molecule has 2 N–H and O–H groups in total. The van der Waals surface area contributed by atoms with Crippen LogP contribution in [-0.2, 0) is 4.74 Å². The van der Waals surface area contributed by atoms with E-state index in [4.69, 9.17) is 10.1 Å². The number of hydrogen-bond donors (Lipinski definition) is 2. The summed E-state index contributed by atoms with van der Waals surface area (Å²) in [5, 5.41) is 11.4. The molecule has 1 aliphatic heterocycles. The molecule has 0 aromatic carbocycles. The zero-order chi connectivity index (χ0) is 12.3. The minimum Gasteiger partial charge on any atom is -0.465 e. The monoisotopic (exact) mass is 227 g/mol. The van der Waals surface area contributed by atoms with E-state index in [9.17, 15) is 0 Å². The van der Waals surface area contributed by atoms with Crippen LogP contribution in [0.4, 0.5) is 0 Å². The lowest BCUT2D eigenvalue weighted by Gasteiger charge is -2.37. The molecule has 0 aromatic heterocycles. The molecule has 4 nitrogen and oxygen atoms in total. The second kappa shape index (κ2) is 5.04. The Kier molecular flexibility index (Phi) is 4.19. The number of nitrogens with one attached hydrogen (secondary N) is 2. The molecule has 1 aliphatic rings. The summed E-state index contributed by atoms with van der Waals surface area (Å²) in [5.74, 6) is 0. The normalized spacial score (nSPS) is 26.7. The van der Waals surface area contributed by atoms with Gasteiger partial charge in [0.05, 0.1) is 6.61 Å². The lowest BCUT2D eigenvalue weighted by Crippen LogP contribution is -2.56. The summed E-state index contributed by atoms with van der Waals surface area (Å²) in [5.41, 5.74) is 0.109. The van der Waals surface area contributed by atoms with E-state index < -0.39 is 0 Å². The van der Waals surface area contributed by atoms with Gasteiger partial charge in [-0.25, -0.2) is 0 Å². The SMILES string of the molecule is C[C@@H]1CN(C(=N)OCC(C)(C)C)C[C@H](C)N1. The fourth-order valence-corrected chi connectivity index (χ4v) is 1.87. The highest BCUT2D eigenvalue weighted by atomic mass is 16.5. The Morgan fingerprint density at radius 3 is 2.25 bits per heavy atom. The zero-order valence-corrected chi connectivity index (χ0v) is 11.1. The Morgan fingerprint density at radius 2 is 1.81 bits per heavy atom. The van der Waals surface area contributed by atoms with Crippen LogP contribution in [0.2, 0.25) is 0 Å². The van der Waals surface area contributed by atoms with Crippen LogP contribution in [-0.4, -0.2) is 42.7 Å². The Morgan fingerprint density at radius 1 is 1.31 bits per heavy atom. The molecule has 1 heterocycles. The van der Waals surface area contributed by atoms with Gasteiger partial charge in [-0.3, -0.25) is 5.41 Å². The molecule has 0 aliphatic carbocycles. The number of ether oxygens (including phenoxy) is 1. The molecule has 94 valence electrons. The van der Waals surface area contributed by atoms with Crippen molar-refractivity contribution in [2.45, 2.75) is 46.7 Å². The van der Waals surface area contributed by atoms with Gasteiger partial charge < -0.3 is 15.0 Å². The van der Waals surface area contributed by atoms with Crippen molar-refractivity contribution in [3.05, 3.63) is 0 Å².